The molecule has 1 atom stereocenters. The minimum absolute atomic E-state index is 0.527. The van der Waals surface area contributed by atoms with Gasteiger partial charge in [0, 0.05) is 25.4 Å². The first kappa shape index (κ1) is 7.54. The van der Waals surface area contributed by atoms with E-state index in [9.17, 15) is 0 Å². The second kappa shape index (κ2) is 3.01. The van der Waals surface area contributed by atoms with Gasteiger partial charge in [-0.05, 0) is 14.0 Å². The van der Waals surface area contributed by atoms with Crippen molar-refractivity contribution in [2.45, 2.75) is 25.8 Å². The number of piperidine rings is 1. The largest absolute Gasteiger partial charge is 0.411 e. The Kier molecular flexibility index (Phi) is 2.27. The standard InChI is InChI=1S/C7H14N2O/c1-6-5-7(8-10)3-4-9(6)2/h6,10H,3-5H2,1-2H3. The molecule has 1 N–H and O–H groups in total. The molecular weight excluding hydrogens is 128 g/mol. The van der Waals surface area contributed by atoms with Crippen LogP contribution in [-0.2, 0) is 0 Å². The van der Waals surface area contributed by atoms with E-state index in [1.807, 2.05) is 0 Å². The predicted octanol–water partition coefficient (Wildman–Crippen LogP) is 0.931. The smallest absolute Gasteiger partial charge is 0.0599 e. The van der Waals surface area contributed by atoms with Crippen molar-refractivity contribution in [2.24, 2.45) is 5.16 Å². The number of hydrogen-bond acceptors (Lipinski definition) is 3. The molecule has 3 heteroatoms. The molecule has 0 aliphatic carbocycles. The average Bonchev–Trinajstić information content (AvgIpc) is 1.95. The molecule has 1 saturated heterocycles. The molecule has 0 spiro atoms. The van der Waals surface area contributed by atoms with Crippen LogP contribution in [0.1, 0.15) is 19.8 Å². The summed E-state index contributed by atoms with van der Waals surface area (Å²) in [6.07, 6.45) is 1.82. The quantitative estimate of drug-likeness (QED) is 0.403. The maximum atomic E-state index is 8.46. The zero-order chi connectivity index (χ0) is 7.56. The molecule has 1 heterocycles. The zero-order valence-corrected chi connectivity index (χ0v) is 6.54. The van der Waals surface area contributed by atoms with E-state index in [2.05, 4.69) is 24.0 Å². The van der Waals surface area contributed by atoms with Crippen molar-refractivity contribution in [1.29, 1.82) is 0 Å². The molecule has 0 radical (unpaired) electrons. The highest BCUT2D eigenvalue weighted by Crippen LogP contribution is 2.11. The lowest BCUT2D eigenvalue weighted by Gasteiger charge is -2.29. The molecule has 1 aliphatic heterocycles. The Bertz CT molecular complexity index is 145. The van der Waals surface area contributed by atoms with Crippen LogP contribution in [0.5, 0.6) is 0 Å². The van der Waals surface area contributed by atoms with Crippen LogP contribution >= 0.6 is 0 Å². The molecule has 10 heavy (non-hydrogen) atoms. The maximum absolute atomic E-state index is 8.46. The van der Waals surface area contributed by atoms with Gasteiger partial charge in [0.15, 0.2) is 0 Å². The van der Waals surface area contributed by atoms with Crippen molar-refractivity contribution < 1.29 is 5.21 Å². The fraction of sp³-hybridized carbons (Fsp3) is 0.857. The van der Waals surface area contributed by atoms with E-state index in [0.717, 1.165) is 25.1 Å². The number of hydrogen-bond donors (Lipinski definition) is 1. The molecule has 0 bridgehead atoms. The Morgan fingerprint density at radius 1 is 1.70 bits per heavy atom. The van der Waals surface area contributed by atoms with Gasteiger partial charge in [0.05, 0.1) is 5.71 Å². The van der Waals surface area contributed by atoms with Crippen LogP contribution in [0.4, 0.5) is 0 Å². The highest BCUT2D eigenvalue weighted by molar-refractivity contribution is 5.85. The monoisotopic (exact) mass is 142 g/mol. The second-order valence-electron chi connectivity index (χ2n) is 2.95. The summed E-state index contributed by atoms with van der Waals surface area (Å²) in [6.45, 7) is 3.16. The number of oxime groups is 1. The summed E-state index contributed by atoms with van der Waals surface area (Å²) >= 11 is 0. The molecule has 0 aromatic heterocycles. The first-order chi connectivity index (χ1) is 4.74. The first-order valence-electron chi connectivity index (χ1n) is 3.64. The predicted molar refractivity (Wildman–Crippen MR) is 40.5 cm³/mol. The van der Waals surface area contributed by atoms with Crippen LogP contribution in [0.15, 0.2) is 5.16 Å². The normalized spacial score (nSPS) is 33.0. The van der Waals surface area contributed by atoms with Gasteiger partial charge in [0.25, 0.3) is 0 Å². The number of likely N-dealkylation sites (tertiary alicyclic amines) is 1. The number of nitrogens with zero attached hydrogens (tertiary/aromatic N) is 2. The van der Waals surface area contributed by atoms with Gasteiger partial charge in [-0.3, -0.25) is 0 Å². The van der Waals surface area contributed by atoms with Gasteiger partial charge in [-0.25, -0.2) is 0 Å². The highest BCUT2D eigenvalue weighted by atomic mass is 16.4. The van der Waals surface area contributed by atoms with Crippen LogP contribution in [0.25, 0.3) is 0 Å². The lowest BCUT2D eigenvalue weighted by molar-refractivity contribution is 0.243. The van der Waals surface area contributed by atoms with E-state index in [1.165, 1.54) is 0 Å². The van der Waals surface area contributed by atoms with E-state index >= 15 is 0 Å². The Labute approximate surface area is 61.3 Å². The van der Waals surface area contributed by atoms with Crippen molar-refractivity contribution >= 4 is 5.71 Å². The van der Waals surface area contributed by atoms with Crippen molar-refractivity contribution in [2.75, 3.05) is 13.6 Å². The summed E-state index contributed by atoms with van der Waals surface area (Å²) in [6, 6.07) is 0.527. The van der Waals surface area contributed by atoms with Crippen LogP contribution in [-0.4, -0.2) is 35.5 Å². The topological polar surface area (TPSA) is 35.8 Å². The Morgan fingerprint density at radius 2 is 2.40 bits per heavy atom. The molecular formula is C7H14N2O. The fourth-order valence-electron chi connectivity index (χ4n) is 1.22. The average molecular weight is 142 g/mol. The molecule has 0 saturated carbocycles. The van der Waals surface area contributed by atoms with E-state index in [4.69, 9.17) is 5.21 Å². The van der Waals surface area contributed by atoms with E-state index < -0.39 is 0 Å². The molecule has 1 unspecified atom stereocenters. The SMILES string of the molecule is CC1CC(=NO)CCN1C. The van der Waals surface area contributed by atoms with Gasteiger partial charge in [0.1, 0.15) is 0 Å². The van der Waals surface area contributed by atoms with Crippen LogP contribution in [0, 0.1) is 0 Å². The van der Waals surface area contributed by atoms with Crippen molar-refractivity contribution in [3.05, 3.63) is 0 Å². The van der Waals surface area contributed by atoms with Crippen molar-refractivity contribution in [1.82, 2.24) is 4.90 Å². The Morgan fingerprint density at radius 3 is 2.90 bits per heavy atom. The summed E-state index contributed by atoms with van der Waals surface area (Å²) < 4.78 is 0. The summed E-state index contributed by atoms with van der Waals surface area (Å²) in [7, 11) is 2.10. The molecule has 1 rings (SSSR count). The van der Waals surface area contributed by atoms with Gasteiger partial charge < -0.3 is 10.1 Å². The van der Waals surface area contributed by atoms with Crippen LogP contribution in [0.2, 0.25) is 0 Å². The first-order valence-corrected chi connectivity index (χ1v) is 3.64. The summed E-state index contributed by atoms with van der Waals surface area (Å²) in [5, 5.41) is 11.7. The summed E-state index contributed by atoms with van der Waals surface area (Å²) in [5.41, 5.74) is 0.936. The molecule has 1 fully saturated rings. The lowest BCUT2D eigenvalue weighted by Crippen LogP contribution is -2.37. The molecule has 0 aromatic rings. The minimum Gasteiger partial charge on any atom is -0.411 e. The van der Waals surface area contributed by atoms with Gasteiger partial charge >= 0.3 is 0 Å². The third kappa shape index (κ3) is 1.48. The molecule has 0 amide bonds. The van der Waals surface area contributed by atoms with Gasteiger partial charge in [-0.1, -0.05) is 5.16 Å². The van der Waals surface area contributed by atoms with E-state index in [0.29, 0.717) is 6.04 Å². The Hall–Kier alpha value is -0.570. The van der Waals surface area contributed by atoms with Gasteiger partial charge in [-0.15, -0.1) is 0 Å². The van der Waals surface area contributed by atoms with Gasteiger partial charge in [-0.2, -0.15) is 0 Å². The van der Waals surface area contributed by atoms with Crippen molar-refractivity contribution in [3.63, 3.8) is 0 Å². The molecule has 1 aliphatic rings. The van der Waals surface area contributed by atoms with E-state index in [-0.39, 0.29) is 0 Å². The second-order valence-corrected chi connectivity index (χ2v) is 2.95. The molecule has 0 aromatic carbocycles. The maximum Gasteiger partial charge on any atom is 0.0599 e. The summed E-state index contributed by atoms with van der Waals surface area (Å²) in [5.74, 6) is 0. The summed E-state index contributed by atoms with van der Waals surface area (Å²) in [4.78, 5) is 2.27. The van der Waals surface area contributed by atoms with E-state index in [1.54, 1.807) is 0 Å². The molecule has 58 valence electrons. The highest BCUT2D eigenvalue weighted by Gasteiger charge is 2.18. The van der Waals surface area contributed by atoms with Crippen LogP contribution in [0.3, 0.4) is 0 Å². The van der Waals surface area contributed by atoms with Crippen molar-refractivity contribution in [3.8, 4) is 0 Å². The van der Waals surface area contributed by atoms with Gasteiger partial charge in [0.2, 0.25) is 0 Å². The molecule has 3 nitrogen and oxygen atoms in total. The third-order valence-corrected chi connectivity index (χ3v) is 2.18. The number of rotatable bonds is 0. The minimum atomic E-state index is 0.527. The lowest BCUT2D eigenvalue weighted by atomic mass is 10.0. The fourth-order valence-corrected chi connectivity index (χ4v) is 1.22. The third-order valence-electron chi connectivity index (χ3n) is 2.18. The zero-order valence-electron chi connectivity index (χ0n) is 6.54. The Balaban J connectivity index is 2.48. The van der Waals surface area contributed by atoms with Crippen LogP contribution < -0.4 is 0 Å².